The van der Waals surface area contributed by atoms with Gasteiger partial charge < -0.3 is 9.80 Å². The lowest BCUT2D eigenvalue weighted by Gasteiger charge is -2.34. The molecule has 0 spiro atoms. The van der Waals surface area contributed by atoms with E-state index in [0.717, 1.165) is 25.1 Å². The maximum Gasteiger partial charge on any atom is 0.246 e. The summed E-state index contributed by atoms with van der Waals surface area (Å²) in [6.45, 7) is 3.67. The smallest absolute Gasteiger partial charge is 0.246 e. The minimum absolute atomic E-state index is 0.00102. The zero-order valence-electron chi connectivity index (χ0n) is 16.4. The second-order valence-corrected chi connectivity index (χ2v) is 10.1. The summed E-state index contributed by atoms with van der Waals surface area (Å²) in [5.41, 5.74) is 2.08. The number of hydrogen-bond acceptors (Lipinski definition) is 4. The van der Waals surface area contributed by atoms with Crippen LogP contribution >= 0.6 is 0 Å². The molecule has 0 radical (unpaired) electrons. The number of rotatable bonds is 5. The third-order valence-corrected chi connectivity index (χ3v) is 7.55. The summed E-state index contributed by atoms with van der Waals surface area (Å²) >= 11 is 0. The van der Waals surface area contributed by atoms with Gasteiger partial charge in [0.25, 0.3) is 0 Å². The van der Waals surface area contributed by atoms with Crippen molar-refractivity contribution in [2.45, 2.75) is 19.0 Å². The summed E-state index contributed by atoms with van der Waals surface area (Å²) in [4.78, 5) is 15.7. The van der Waals surface area contributed by atoms with Crippen molar-refractivity contribution in [1.29, 1.82) is 0 Å². The fourth-order valence-electron chi connectivity index (χ4n) is 4.14. The molecular weight excluding hydrogens is 388 g/mol. The molecule has 4 rings (SSSR count). The Morgan fingerprint density at radius 1 is 1.21 bits per heavy atom. The Bertz CT molecular complexity index is 976. The first-order valence-electron chi connectivity index (χ1n) is 10.1. The van der Waals surface area contributed by atoms with Gasteiger partial charge in [-0.2, -0.15) is 5.10 Å². The van der Waals surface area contributed by atoms with Crippen molar-refractivity contribution >= 4 is 21.8 Å². The van der Waals surface area contributed by atoms with E-state index in [1.165, 1.54) is 10.5 Å². The van der Waals surface area contributed by atoms with Gasteiger partial charge in [0, 0.05) is 24.3 Å². The highest BCUT2D eigenvalue weighted by atomic mass is 32.2. The lowest BCUT2D eigenvalue weighted by Crippen LogP contribution is -3.18. The van der Waals surface area contributed by atoms with Crippen LogP contribution in [0.15, 0.2) is 48.8 Å². The van der Waals surface area contributed by atoms with Gasteiger partial charge in [0.05, 0.1) is 44.7 Å². The summed E-state index contributed by atoms with van der Waals surface area (Å²) in [6.07, 6.45) is 7.85. The minimum Gasteiger partial charge on any atom is -0.329 e. The fraction of sp³-hybridized carbons (Fsp3) is 0.429. The number of benzene rings is 1. The first kappa shape index (κ1) is 19.8. The van der Waals surface area contributed by atoms with Crippen molar-refractivity contribution < 1.29 is 18.1 Å². The van der Waals surface area contributed by atoms with Gasteiger partial charge in [-0.3, -0.25) is 9.48 Å². The van der Waals surface area contributed by atoms with Gasteiger partial charge in [-0.25, -0.2) is 8.42 Å². The standard InChI is InChI=1S/C21H26N4O3S/c26-21(24-11-9-23(10-12-24)20-8-13-29(27,28)17-20)7-6-19-14-22-25(16-19)15-18-4-2-1-3-5-18/h1-7,14,16,20H,8-13,15,17H2/p+1/b7-6+/t20-/m0/s1. The molecular formula is C21H27N4O3S+. The monoisotopic (exact) mass is 415 g/mol. The second kappa shape index (κ2) is 8.51. The van der Waals surface area contributed by atoms with E-state index in [2.05, 4.69) is 17.2 Å². The molecule has 1 amide bonds. The van der Waals surface area contributed by atoms with Gasteiger partial charge in [-0.1, -0.05) is 30.3 Å². The Morgan fingerprint density at radius 2 is 1.97 bits per heavy atom. The Hall–Kier alpha value is -2.45. The van der Waals surface area contributed by atoms with E-state index in [1.807, 2.05) is 34.0 Å². The summed E-state index contributed by atoms with van der Waals surface area (Å²) in [5.74, 6) is 0.604. The summed E-state index contributed by atoms with van der Waals surface area (Å²) in [6, 6.07) is 10.3. The minimum atomic E-state index is -2.85. The summed E-state index contributed by atoms with van der Waals surface area (Å²) in [7, 11) is -2.85. The maximum absolute atomic E-state index is 12.5. The summed E-state index contributed by atoms with van der Waals surface area (Å²) in [5, 5.41) is 4.36. The lowest BCUT2D eigenvalue weighted by molar-refractivity contribution is -0.925. The van der Waals surface area contributed by atoms with Crippen molar-refractivity contribution in [3.8, 4) is 0 Å². The molecule has 0 saturated carbocycles. The van der Waals surface area contributed by atoms with Crippen LogP contribution in [-0.4, -0.2) is 72.7 Å². The quantitative estimate of drug-likeness (QED) is 0.690. The predicted molar refractivity (Wildman–Crippen MR) is 111 cm³/mol. The van der Waals surface area contributed by atoms with E-state index < -0.39 is 9.84 Å². The second-order valence-electron chi connectivity index (χ2n) is 7.87. The molecule has 0 aliphatic carbocycles. The number of piperazine rings is 1. The zero-order valence-corrected chi connectivity index (χ0v) is 17.2. The average molecular weight is 416 g/mol. The molecule has 2 saturated heterocycles. The van der Waals surface area contributed by atoms with Gasteiger partial charge in [-0.05, 0) is 11.6 Å². The van der Waals surface area contributed by atoms with Crippen LogP contribution in [0.25, 0.3) is 6.08 Å². The van der Waals surface area contributed by atoms with Crippen LogP contribution in [0.3, 0.4) is 0 Å². The van der Waals surface area contributed by atoms with Crippen molar-refractivity contribution in [3.05, 3.63) is 59.9 Å². The topological polar surface area (TPSA) is 76.7 Å². The van der Waals surface area contributed by atoms with Crippen LogP contribution in [-0.2, 0) is 21.2 Å². The molecule has 7 nitrogen and oxygen atoms in total. The van der Waals surface area contributed by atoms with Crippen LogP contribution in [0, 0.1) is 0 Å². The van der Waals surface area contributed by atoms with Crippen LogP contribution in [0.5, 0.6) is 0 Å². The molecule has 0 bridgehead atoms. The highest BCUT2D eigenvalue weighted by Crippen LogP contribution is 2.10. The van der Waals surface area contributed by atoms with E-state index in [9.17, 15) is 13.2 Å². The highest BCUT2D eigenvalue weighted by Gasteiger charge is 2.37. The third kappa shape index (κ3) is 5.13. The predicted octanol–water partition coefficient (Wildman–Crippen LogP) is -0.141. The average Bonchev–Trinajstić information content (AvgIpc) is 3.33. The van der Waals surface area contributed by atoms with E-state index in [-0.39, 0.29) is 11.9 Å². The SMILES string of the molecule is O=C(/C=C/c1cnn(Cc2ccccc2)c1)N1CC[NH+]([C@H]2CCS(=O)(=O)C2)CC1. The maximum atomic E-state index is 12.5. The Labute approximate surface area is 171 Å². The number of sulfone groups is 1. The van der Waals surface area contributed by atoms with Crippen molar-refractivity contribution in [2.24, 2.45) is 0 Å². The zero-order chi connectivity index (χ0) is 20.3. The molecule has 1 N–H and O–H groups in total. The molecule has 2 aromatic rings. The highest BCUT2D eigenvalue weighted by molar-refractivity contribution is 7.91. The van der Waals surface area contributed by atoms with Crippen molar-refractivity contribution in [1.82, 2.24) is 14.7 Å². The molecule has 3 heterocycles. The van der Waals surface area contributed by atoms with Gasteiger partial charge in [0.15, 0.2) is 9.84 Å². The molecule has 2 fully saturated rings. The number of carbonyl (C=O) groups is 1. The summed E-state index contributed by atoms with van der Waals surface area (Å²) < 4.78 is 25.2. The molecule has 2 aliphatic rings. The molecule has 1 aromatic carbocycles. The lowest BCUT2D eigenvalue weighted by atomic mass is 10.2. The van der Waals surface area contributed by atoms with Crippen LogP contribution in [0.4, 0.5) is 0 Å². The molecule has 0 unspecified atom stereocenters. The van der Waals surface area contributed by atoms with Crippen LogP contribution < -0.4 is 4.90 Å². The normalized spacial score (nSPS) is 22.3. The van der Waals surface area contributed by atoms with Gasteiger partial charge >= 0.3 is 0 Å². The van der Waals surface area contributed by atoms with E-state index in [1.54, 1.807) is 18.3 Å². The fourth-order valence-corrected chi connectivity index (χ4v) is 5.96. The largest absolute Gasteiger partial charge is 0.329 e. The number of hydrogen-bond donors (Lipinski definition) is 1. The molecule has 8 heteroatoms. The van der Waals surface area contributed by atoms with Gasteiger partial charge in [0.2, 0.25) is 5.91 Å². The van der Waals surface area contributed by atoms with E-state index in [0.29, 0.717) is 31.1 Å². The molecule has 1 atom stereocenters. The Balaban J connectivity index is 1.27. The molecule has 154 valence electrons. The number of quaternary nitrogens is 1. The molecule has 29 heavy (non-hydrogen) atoms. The first-order valence-corrected chi connectivity index (χ1v) is 11.9. The Kier molecular flexibility index (Phi) is 5.82. The van der Waals surface area contributed by atoms with Gasteiger partial charge in [0.1, 0.15) is 11.8 Å². The van der Waals surface area contributed by atoms with E-state index in [4.69, 9.17) is 0 Å². The number of nitrogens with one attached hydrogen (secondary N) is 1. The van der Waals surface area contributed by atoms with Crippen molar-refractivity contribution in [3.63, 3.8) is 0 Å². The Morgan fingerprint density at radius 3 is 2.66 bits per heavy atom. The third-order valence-electron chi connectivity index (χ3n) is 5.79. The van der Waals surface area contributed by atoms with E-state index >= 15 is 0 Å². The molecule has 1 aromatic heterocycles. The van der Waals surface area contributed by atoms with Gasteiger partial charge in [-0.15, -0.1) is 0 Å². The number of carbonyl (C=O) groups excluding carboxylic acids is 1. The van der Waals surface area contributed by atoms with Crippen LogP contribution in [0.2, 0.25) is 0 Å². The first-order chi connectivity index (χ1) is 14.0. The molecule has 2 aliphatic heterocycles. The van der Waals surface area contributed by atoms with Crippen LogP contribution in [0.1, 0.15) is 17.5 Å². The number of nitrogens with zero attached hydrogens (tertiary/aromatic N) is 3. The number of aromatic nitrogens is 2. The number of amides is 1. The van der Waals surface area contributed by atoms with Crippen molar-refractivity contribution in [2.75, 3.05) is 37.7 Å².